The zero-order valence-corrected chi connectivity index (χ0v) is 16.7. The van der Waals surface area contributed by atoms with Crippen LogP contribution in [0.25, 0.3) is 0 Å². The minimum Gasteiger partial charge on any atom is -0.489 e. The Morgan fingerprint density at radius 1 is 0.880 bits per heavy atom. The molecule has 2 aromatic rings. The van der Waals surface area contributed by atoms with Gasteiger partial charge in [0.05, 0.1) is 0 Å². The van der Waals surface area contributed by atoms with Crippen molar-refractivity contribution >= 4 is 24.8 Å². The zero-order valence-electron chi connectivity index (χ0n) is 15.1. The number of ether oxygens (including phenoxy) is 1. The van der Waals surface area contributed by atoms with E-state index >= 15 is 0 Å². The van der Waals surface area contributed by atoms with Crippen molar-refractivity contribution in [3.8, 4) is 5.75 Å². The van der Waals surface area contributed by atoms with E-state index in [4.69, 9.17) is 4.74 Å². The molecule has 0 radical (unpaired) electrons. The van der Waals surface area contributed by atoms with Crippen LogP contribution in [-0.2, 0) is 13.2 Å². The average Bonchev–Trinajstić information content (AvgIpc) is 2.61. The van der Waals surface area contributed by atoms with Crippen LogP contribution in [0, 0.1) is 0 Å². The van der Waals surface area contributed by atoms with E-state index in [1.54, 1.807) is 0 Å². The normalized spacial score (nSPS) is 10.0. The maximum absolute atomic E-state index is 5.88. The third-order valence-corrected chi connectivity index (χ3v) is 3.98. The van der Waals surface area contributed by atoms with E-state index in [1.165, 1.54) is 11.1 Å². The monoisotopic (exact) mass is 384 g/mol. The van der Waals surface area contributed by atoms with Crippen molar-refractivity contribution < 1.29 is 4.74 Å². The molecule has 0 aliphatic carbocycles. The second kappa shape index (κ2) is 14.0. The minimum absolute atomic E-state index is 0. The first-order chi connectivity index (χ1) is 11.3. The van der Waals surface area contributed by atoms with E-state index in [9.17, 15) is 0 Å². The molecule has 2 rings (SSSR count). The summed E-state index contributed by atoms with van der Waals surface area (Å²) >= 11 is 0. The van der Waals surface area contributed by atoms with Crippen LogP contribution >= 0.6 is 24.8 Å². The Kier molecular flexibility index (Phi) is 13.3. The predicted molar refractivity (Wildman–Crippen MR) is 111 cm³/mol. The van der Waals surface area contributed by atoms with Crippen LogP contribution in [0.4, 0.5) is 0 Å². The molecule has 25 heavy (non-hydrogen) atoms. The second-order valence-corrected chi connectivity index (χ2v) is 5.63. The molecule has 140 valence electrons. The molecule has 0 atom stereocenters. The van der Waals surface area contributed by atoms with Crippen molar-refractivity contribution in [2.24, 2.45) is 0 Å². The van der Waals surface area contributed by atoms with E-state index in [0.717, 1.165) is 38.5 Å². The van der Waals surface area contributed by atoms with Gasteiger partial charge in [-0.2, -0.15) is 0 Å². The van der Waals surface area contributed by atoms with Gasteiger partial charge in [-0.05, 0) is 36.3 Å². The quantitative estimate of drug-likeness (QED) is 0.608. The van der Waals surface area contributed by atoms with Gasteiger partial charge in [-0.3, -0.25) is 0 Å². The van der Waals surface area contributed by atoms with Crippen molar-refractivity contribution in [1.82, 2.24) is 10.2 Å². The summed E-state index contributed by atoms with van der Waals surface area (Å²) in [5, 5.41) is 3.50. The number of hydrogen-bond donors (Lipinski definition) is 1. The molecule has 5 heteroatoms. The summed E-state index contributed by atoms with van der Waals surface area (Å²) < 4.78 is 5.88. The summed E-state index contributed by atoms with van der Waals surface area (Å²) in [6.45, 7) is 10.2. The number of hydrogen-bond acceptors (Lipinski definition) is 3. The molecule has 0 spiro atoms. The number of rotatable bonds is 10. The fourth-order valence-electron chi connectivity index (χ4n) is 2.50. The zero-order chi connectivity index (χ0) is 16.3. The van der Waals surface area contributed by atoms with Gasteiger partial charge in [-0.25, -0.2) is 0 Å². The molecule has 0 fully saturated rings. The van der Waals surface area contributed by atoms with Crippen LogP contribution in [0.5, 0.6) is 5.75 Å². The first-order valence-corrected chi connectivity index (χ1v) is 8.50. The molecule has 0 unspecified atom stereocenters. The van der Waals surface area contributed by atoms with E-state index < -0.39 is 0 Å². The molecule has 0 saturated heterocycles. The van der Waals surface area contributed by atoms with Crippen LogP contribution in [0.15, 0.2) is 54.6 Å². The van der Waals surface area contributed by atoms with Crippen molar-refractivity contribution in [2.75, 3.05) is 26.2 Å². The number of nitrogens with one attached hydrogen (secondary N) is 1. The third kappa shape index (κ3) is 9.13. The van der Waals surface area contributed by atoms with E-state index in [2.05, 4.69) is 54.4 Å². The highest BCUT2D eigenvalue weighted by Crippen LogP contribution is 2.15. The molecule has 3 nitrogen and oxygen atoms in total. The van der Waals surface area contributed by atoms with Gasteiger partial charge in [0.15, 0.2) is 0 Å². The lowest BCUT2D eigenvalue weighted by molar-refractivity contribution is 0.301. The van der Waals surface area contributed by atoms with Gasteiger partial charge < -0.3 is 15.0 Å². The van der Waals surface area contributed by atoms with E-state index in [1.807, 2.05) is 24.3 Å². The molecule has 1 N–H and O–H groups in total. The first kappa shape index (κ1) is 23.7. The van der Waals surface area contributed by atoms with Crippen molar-refractivity contribution in [1.29, 1.82) is 0 Å². The second-order valence-electron chi connectivity index (χ2n) is 5.63. The lowest BCUT2D eigenvalue weighted by Gasteiger charge is -2.18. The molecule has 2 aromatic carbocycles. The van der Waals surface area contributed by atoms with Gasteiger partial charge in [0.25, 0.3) is 0 Å². The van der Waals surface area contributed by atoms with Gasteiger partial charge in [-0.15, -0.1) is 24.8 Å². The molecule has 0 aromatic heterocycles. The van der Waals surface area contributed by atoms with Crippen molar-refractivity contribution in [3.05, 3.63) is 65.7 Å². The standard InChI is InChI=1S/C20H28N2O.2ClH/c1-3-22(4-2)14-13-21-16-19-11-8-12-20(15-19)23-17-18-9-6-5-7-10-18;;/h5-12,15,21H,3-4,13-14,16-17H2,1-2H3;2*1H. The van der Waals surface area contributed by atoms with E-state index in [0.29, 0.717) is 6.61 Å². The average molecular weight is 385 g/mol. The summed E-state index contributed by atoms with van der Waals surface area (Å²) in [6, 6.07) is 18.6. The van der Waals surface area contributed by atoms with Crippen molar-refractivity contribution in [2.45, 2.75) is 27.0 Å². The number of likely N-dealkylation sites (N-methyl/N-ethyl adjacent to an activating group) is 1. The third-order valence-electron chi connectivity index (χ3n) is 3.98. The Balaban J connectivity index is 0.00000288. The summed E-state index contributed by atoms with van der Waals surface area (Å²) in [5.41, 5.74) is 2.45. The smallest absolute Gasteiger partial charge is 0.120 e. The van der Waals surface area contributed by atoms with Gasteiger partial charge in [0, 0.05) is 19.6 Å². The SMILES string of the molecule is CCN(CC)CCNCc1cccc(OCc2ccccc2)c1.Cl.Cl. The molecule has 0 heterocycles. The maximum atomic E-state index is 5.88. The first-order valence-electron chi connectivity index (χ1n) is 8.50. The molecule has 0 saturated carbocycles. The molecule has 0 aliphatic heterocycles. The Morgan fingerprint density at radius 3 is 2.24 bits per heavy atom. The minimum atomic E-state index is 0. The van der Waals surface area contributed by atoms with Crippen LogP contribution in [0.2, 0.25) is 0 Å². The number of halogens is 2. The Labute approximate surface area is 164 Å². The molecule has 0 amide bonds. The van der Waals surface area contributed by atoms with Crippen LogP contribution in [0.1, 0.15) is 25.0 Å². The van der Waals surface area contributed by atoms with Gasteiger partial charge in [0.1, 0.15) is 12.4 Å². The van der Waals surface area contributed by atoms with E-state index in [-0.39, 0.29) is 24.8 Å². The Bertz CT molecular complexity index is 563. The van der Waals surface area contributed by atoms with Crippen LogP contribution in [0.3, 0.4) is 0 Å². The highest BCUT2D eigenvalue weighted by atomic mass is 35.5. The molecular weight excluding hydrogens is 355 g/mol. The summed E-state index contributed by atoms with van der Waals surface area (Å²) in [4.78, 5) is 2.42. The molecule has 0 bridgehead atoms. The lowest BCUT2D eigenvalue weighted by atomic mass is 10.2. The molecule has 0 aliphatic rings. The van der Waals surface area contributed by atoms with Gasteiger partial charge in [-0.1, -0.05) is 56.3 Å². The van der Waals surface area contributed by atoms with Crippen molar-refractivity contribution in [3.63, 3.8) is 0 Å². The Hall–Kier alpha value is -1.26. The maximum Gasteiger partial charge on any atom is 0.120 e. The largest absolute Gasteiger partial charge is 0.489 e. The highest BCUT2D eigenvalue weighted by molar-refractivity contribution is 5.85. The summed E-state index contributed by atoms with van der Waals surface area (Å²) in [5.74, 6) is 0.928. The topological polar surface area (TPSA) is 24.5 Å². The predicted octanol–water partition coefficient (Wildman–Crippen LogP) is 4.54. The summed E-state index contributed by atoms with van der Waals surface area (Å²) in [6.07, 6.45) is 0. The lowest BCUT2D eigenvalue weighted by Crippen LogP contribution is -2.31. The number of benzene rings is 2. The van der Waals surface area contributed by atoms with Crippen LogP contribution in [-0.4, -0.2) is 31.1 Å². The van der Waals surface area contributed by atoms with Gasteiger partial charge >= 0.3 is 0 Å². The Morgan fingerprint density at radius 2 is 1.56 bits per heavy atom. The number of nitrogens with zero attached hydrogens (tertiary/aromatic N) is 1. The van der Waals surface area contributed by atoms with Crippen LogP contribution < -0.4 is 10.1 Å². The van der Waals surface area contributed by atoms with Gasteiger partial charge in [0.2, 0.25) is 0 Å². The fraction of sp³-hybridized carbons (Fsp3) is 0.400. The summed E-state index contributed by atoms with van der Waals surface area (Å²) in [7, 11) is 0. The highest BCUT2D eigenvalue weighted by Gasteiger charge is 2.00. The fourth-order valence-corrected chi connectivity index (χ4v) is 2.50. The molecular formula is C20H30Cl2N2O.